The Morgan fingerprint density at radius 3 is 2.57 bits per heavy atom. The number of hydrogen-bond acceptors (Lipinski definition) is 2. The first-order valence-electron chi connectivity index (χ1n) is 3.86. The van der Waals surface area contributed by atoms with Gasteiger partial charge in [0.25, 0.3) is 0 Å². The Balaban J connectivity index is 3.14. The second kappa shape index (κ2) is 4.53. The minimum absolute atomic E-state index is 0.198. The highest BCUT2D eigenvalue weighted by Crippen LogP contribution is 2.37. The number of amides is 1. The van der Waals surface area contributed by atoms with Crippen LogP contribution in [0.15, 0.2) is 12.1 Å². The number of halogens is 2. The Bertz CT molecular complexity index is 366. The van der Waals surface area contributed by atoms with Gasteiger partial charge in [-0.15, -0.1) is 0 Å². The Kier molecular flexibility index (Phi) is 3.61. The molecule has 3 nitrogen and oxygen atoms in total. The Hall–Kier alpha value is -0.930. The van der Waals surface area contributed by atoms with E-state index in [1.807, 2.05) is 0 Å². The largest absolute Gasteiger partial charge is 0.494 e. The van der Waals surface area contributed by atoms with Gasteiger partial charge in [-0.05, 0) is 12.1 Å². The maximum Gasteiger partial charge on any atom is 0.221 e. The molecule has 1 N–H and O–H groups in total. The van der Waals surface area contributed by atoms with Crippen LogP contribution in [-0.2, 0) is 4.79 Å². The van der Waals surface area contributed by atoms with E-state index < -0.39 is 0 Å². The van der Waals surface area contributed by atoms with Crippen molar-refractivity contribution in [1.29, 1.82) is 0 Å². The van der Waals surface area contributed by atoms with Crippen LogP contribution in [0, 0.1) is 0 Å². The van der Waals surface area contributed by atoms with E-state index in [0.717, 1.165) is 0 Å². The summed E-state index contributed by atoms with van der Waals surface area (Å²) in [6.45, 7) is 1.40. The zero-order valence-electron chi connectivity index (χ0n) is 7.73. The fraction of sp³-hybridized carbons (Fsp3) is 0.222. The van der Waals surface area contributed by atoms with Gasteiger partial charge in [0.2, 0.25) is 5.91 Å². The summed E-state index contributed by atoms with van der Waals surface area (Å²) >= 11 is 11.8. The van der Waals surface area contributed by atoms with Crippen molar-refractivity contribution in [2.24, 2.45) is 0 Å². The second-order valence-electron chi connectivity index (χ2n) is 2.62. The van der Waals surface area contributed by atoms with Gasteiger partial charge in [-0.2, -0.15) is 0 Å². The zero-order valence-corrected chi connectivity index (χ0v) is 9.24. The average Bonchev–Trinajstić information content (AvgIpc) is 2.10. The third-order valence-corrected chi connectivity index (χ3v) is 2.24. The molecule has 0 aliphatic rings. The third-order valence-electron chi connectivity index (χ3n) is 1.56. The zero-order chi connectivity index (χ0) is 10.7. The van der Waals surface area contributed by atoms with E-state index in [4.69, 9.17) is 27.9 Å². The highest BCUT2D eigenvalue weighted by molar-refractivity contribution is 6.39. The van der Waals surface area contributed by atoms with Crippen molar-refractivity contribution in [2.45, 2.75) is 6.92 Å². The Labute approximate surface area is 92.0 Å². The van der Waals surface area contributed by atoms with Crippen molar-refractivity contribution in [1.82, 2.24) is 0 Å². The predicted molar refractivity (Wildman–Crippen MR) is 57.3 cm³/mol. The van der Waals surface area contributed by atoms with Crippen LogP contribution in [0.25, 0.3) is 0 Å². The smallest absolute Gasteiger partial charge is 0.221 e. The van der Waals surface area contributed by atoms with Crippen LogP contribution in [0.1, 0.15) is 6.92 Å². The van der Waals surface area contributed by atoms with Crippen molar-refractivity contribution >= 4 is 34.8 Å². The molecule has 1 aromatic carbocycles. The number of carbonyl (C=O) groups is 1. The lowest BCUT2D eigenvalue weighted by atomic mass is 10.3. The van der Waals surface area contributed by atoms with Gasteiger partial charge in [0.1, 0.15) is 5.02 Å². The number of methoxy groups -OCH3 is 1. The van der Waals surface area contributed by atoms with E-state index in [1.165, 1.54) is 14.0 Å². The van der Waals surface area contributed by atoms with Crippen molar-refractivity contribution < 1.29 is 9.53 Å². The average molecular weight is 234 g/mol. The van der Waals surface area contributed by atoms with Crippen molar-refractivity contribution in [3.63, 3.8) is 0 Å². The molecule has 0 saturated heterocycles. The summed E-state index contributed by atoms with van der Waals surface area (Å²) in [6, 6.07) is 3.23. The number of anilines is 1. The topological polar surface area (TPSA) is 38.3 Å². The minimum Gasteiger partial charge on any atom is -0.494 e. The van der Waals surface area contributed by atoms with E-state index in [9.17, 15) is 4.79 Å². The molecule has 0 aromatic heterocycles. The summed E-state index contributed by atoms with van der Waals surface area (Å²) in [4.78, 5) is 10.8. The highest BCUT2D eigenvalue weighted by atomic mass is 35.5. The predicted octanol–water partition coefficient (Wildman–Crippen LogP) is 2.96. The summed E-state index contributed by atoms with van der Waals surface area (Å²) in [5.41, 5.74) is 0.486. The highest BCUT2D eigenvalue weighted by Gasteiger charge is 2.11. The Morgan fingerprint density at radius 2 is 2.07 bits per heavy atom. The molecular formula is C9H9Cl2NO2. The van der Waals surface area contributed by atoms with Gasteiger partial charge in [0, 0.05) is 6.92 Å². The summed E-state index contributed by atoms with van der Waals surface area (Å²) in [7, 11) is 1.46. The van der Waals surface area contributed by atoms with Crippen molar-refractivity contribution in [3.05, 3.63) is 22.2 Å². The fourth-order valence-electron chi connectivity index (χ4n) is 1.01. The summed E-state index contributed by atoms with van der Waals surface area (Å²) < 4.78 is 4.98. The molecule has 0 aliphatic heterocycles. The van der Waals surface area contributed by atoms with E-state index in [2.05, 4.69) is 5.32 Å². The number of nitrogens with one attached hydrogen (secondary N) is 1. The molecule has 0 saturated carbocycles. The number of benzene rings is 1. The molecule has 0 radical (unpaired) electrons. The molecule has 0 spiro atoms. The van der Waals surface area contributed by atoms with E-state index in [0.29, 0.717) is 21.5 Å². The summed E-state index contributed by atoms with van der Waals surface area (Å²) in [5, 5.41) is 3.28. The van der Waals surface area contributed by atoms with Gasteiger partial charge in [-0.1, -0.05) is 23.2 Å². The fourth-order valence-corrected chi connectivity index (χ4v) is 1.58. The molecule has 1 amide bonds. The second-order valence-corrected chi connectivity index (χ2v) is 3.41. The van der Waals surface area contributed by atoms with Gasteiger partial charge in [-0.3, -0.25) is 4.79 Å². The van der Waals surface area contributed by atoms with Crippen LogP contribution < -0.4 is 10.1 Å². The van der Waals surface area contributed by atoms with E-state index in [-0.39, 0.29) is 5.91 Å². The van der Waals surface area contributed by atoms with Crippen molar-refractivity contribution in [3.8, 4) is 5.75 Å². The Morgan fingerprint density at radius 1 is 1.43 bits per heavy atom. The summed E-state index contributed by atoms with van der Waals surface area (Å²) in [6.07, 6.45) is 0. The first-order chi connectivity index (χ1) is 6.56. The van der Waals surface area contributed by atoms with Gasteiger partial charge in [-0.25, -0.2) is 0 Å². The molecule has 14 heavy (non-hydrogen) atoms. The quantitative estimate of drug-likeness (QED) is 0.854. The lowest BCUT2D eigenvalue weighted by Crippen LogP contribution is -2.06. The third kappa shape index (κ3) is 2.30. The molecule has 0 aliphatic carbocycles. The first-order valence-corrected chi connectivity index (χ1v) is 4.61. The lowest BCUT2D eigenvalue weighted by Gasteiger charge is -2.10. The van der Waals surface area contributed by atoms with Gasteiger partial charge >= 0.3 is 0 Å². The van der Waals surface area contributed by atoms with Crippen LogP contribution in [-0.4, -0.2) is 13.0 Å². The van der Waals surface area contributed by atoms with Crippen LogP contribution in [0.2, 0.25) is 10.0 Å². The SMILES string of the molecule is COc1c(Cl)ccc(NC(C)=O)c1Cl. The molecular weight excluding hydrogens is 225 g/mol. The molecule has 1 aromatic rings. The van der Waals surface area contributed by atoms with Gasteiger partial charge in [0.15, 0.2) is 5.75 Å². The normalized spacial score (nSPS) is 9.71. The van der Waals surface area contributed by atoms with Crippen LogP contribution in [0.5, 0.6) is 5.75 Å². The van der Waals surface area contributed by atoms with Crippen molar-refractivity contribution in [2.75, 3.05) is 12.4 Å². The van der Waals surface area contributed by atoms with Crippen LogP contribution in [0.4, 0.5) is 5.69 Å². The number of rotatable bonds is 2. The monoisotopic (exact) mass is 233 g/mol. The van der Waals surface area contributed by atoms with Crippen LogP contribution >= 0.6 is 23.2 Å². The molecule has 76 valence electrons. The number of carbonyl (C=O) groups excluding carboxylic acids is 1. The number of hydrogen-bond donors (Lipinski definition) is 1. The number of ether oxygens (including phenoxy) is 1. The van der Waals surface area contributed by atoms with Crippen LogP contribution in [0.3, 0.4) is 0 Å². The minimum atomic E-state index is -0.198. The molecule has 0 fully saturated rings. The standard InChI is InChI=1S/C9H9Cl2NO2/c1-5(13)12-7-4-3-6(10)9(14-2)8(7)11/h3-4H,1-2H3,(H,12,13). The molecule has 1 rings (SSSR count). The molecule has 5 heteroatoms. The molecule has 0 atom stereocenters. The van der Waals surface area contributed by atoms with Gasteiger partial charge in [0.05, 0.1) is 17.8 Å². The first kappa shape index (κ1) is 11.1. The van der Waals surface area contributed by atoms with Gasteiger partial charge < -0.3 is 10.1 Å². The van der Waals surface area contributed by atoms with E-state index in [1.54, 1.807) is 12.1 Å². The molecule has 0 heterocycles. The maximum absolute atomic E-state index is 10.8. The molecule has 0 bridgehead atoms. The maximum atomic E-state index is 10.8. The lowest BCUT2D eigenvalue weighted by molar-refractivity contribution is -0.114. The summed E-state index contributed by atoms with van der Waals surface area (Å²) in [5.74, 6) is 0.163. The molecule has 0 unspecified atom stereocenters. The van der Waals surface area contributed by atoms with E-state index >= 15 is 0 Å².